The molecule has 6 nitrogen and oxygen atoms in total. The number of para-hydroxylation sites is 1. The number of rotatable bonds is 8. The van der Waals surface area contributed by atoms with Gasteiger partial charge < -0.3 is 14.8 Å². The molecule has 0 aliphatic heterocycles. The van der Waals surface area contributed by atoms with Crippen molar-refractivity contribution in [1.29, 1.82) is 10.5 Å². The van der Waals surface area contributed by atoms with E-state index in [0.29, 0.717) is 39.4 Å². The zero-order valence-electron chi connectivity index (χ0n) is 17.8. The summed E-state index contributed by atoms with van der Waals surface area (Å²) in [5, 5.41) is 21.5. The molecule has 0 unspecified atom stereocenters. The van der Waals surface area contributed by atoms with Gasteiger partial charge in [-0.2, -0.15) is 10.5 Å². The monoisotopic (exact) mass is 501 g/mol. The lowest BCUT2D eigenvalue weighted by Crippen LogP contribution is -2.13. The Kier molecular flexibility index (Phi) is 8.24. The van der Waals surface area contributed by atoms with Gasteiger partial charge in [0.1, 0.15) is 18.2 Å². The van der Waals surface area contributed by atoms with E-state index in [2.05, 4.69) is 27.3 Å². The van der Waals surface area contributed by atoms with E-state index in [1.807, 2.05) is 31.2 Å². The third kappa shape index (κ3) is 6.22. The number of nitrogens with one attached hydrogen (secondary N) is 1. The number of amides is 1. The molecule has 3 aromatic carbocycles. The van der Waals surface area contributed by atoms with Gasteiger partial charge in [0.05, 0.1) is 18.2 Å². The number of hydrogen-bond donors (Lipinski definition) is 1. The van der Waals surface area contributed by atoms with Crippen LogP contribution in [-0.4, -0.2) is 12.5 Å². The topological polar surface area (TPSA) is 95.1 Å². The summed E-state index contributed by atoms with van der Waals surface area (Å²) in [5.41, 5.74) is 2.42. The summed E-state index contributed by atoms with van der Waals surface area (Å²) in [4.78, 5) is 12.6. The smallest absolute Gasteiger partial charge is 0.266 e. The largest absolute Gasteiger partial charge is 0.490 e. The predicted octanol–water partition coefficient (Wildman–Crippen LogP) is 5.84. The molecule has 0 aliphatic rings. The average molecular weight is 502 g/mol. The molecule has 0 heterocycles. The SMILES string of the molecule is CCOc1cc(/C=C(\C#N)C(=O)Nc2ccccc2)c(Br)cc1OCc1ccccc1C#N. The molecular formula is C26H20BrN3O3. The fourth-order valence-electron chi connectivity index (χ4n) is 2.98. The predicted molar refractivity (Wildman–Crippen MR) is 129 cm³/mol. The van der Waals surface area contributed by atoms with Crippen LogP contribution in [0.15, 0.2) is 76.8 Å². The number of ether oxygens (including phenoxy) is 2. The Hall–Kier alpha value is -4.07. The van der Waals surface area contributed by atoms with Crippen LogP contribution in [0.4, 0.5) is 5.69 Å². The maximum Gasteiger partial charge on any atom is 0.266 e. The highest BCUT2D eigenvalue weighted by atomic mass is 79.9. The van der Waals surface area contributed by atoms with Gasteiger partial charge in [-0.3, -0.25) is 4.79 Å². The van der Waals surface area contributed by atoms with Crippen molar-refractivity contribution in [2.45, 2.75) is 13.5 Å². The fourth-order valence-corrected chi connectivity index (χ4v) is 3.41. The Morgan fingerprint density at radius 1 is 1.03 bits per heavy atom. The van der Waals surface area contributed by atoms with Gasteiger partial charge in [0, 0.05) is 15.7 Å². The van der Waals surface area contributed by atoms with Gasteiger partial charge in [0.25, 0.3) is 5.91 Å². The van der Waals surface area contributed by atoms with E-state index in [-0.39, 0.29) is 12.2 Å². The molecule has 1 N–H and O–H groups in total. The normalized spacial score (nSPS) is 10.6. The zero-order valence-corrected chi connectivity index (χ0v) is 19.4. The van der Waals surface area contributed by atoms with Gasteiger partial charge in [-0.1, -0.05) is 52.3 Å². The molecule has 0 saturated carbocycles. The first kappa shape index (κ1) is 23.6. The first-order valence-electron chi connectivity index (χ1n) is 10.1. The molecule has 0 spiro atoms. The molecule has 3 aromatic rings. The highest BCUT2D eigenvalue weighted by Gasteiger charge is 2.15. The molecule has 0 aromatic heterocycles. The first-order valence-corrected chi connectivity index (χ1v) is 10.9. The van der Waals surface area contributed by atoms with Crippen molar-refractivity contribution in [3.63, 3.8) is 0 Å². The number of carbonyl (C=O) groups is 1. The third-order valence-electron chi connectivity index (χ3n) is 4.58. The summed E-state index contributed by atoms with van der Waals surface area (Å²) in [6.07, 6.45) is 1.49. The lowest BCUT2D eigenvalue weighted by atomic mass is 10.1. The highest BCUT2D eigenvalue weighted by molar-refractivity contribution is 9.10. The molecule has 0 bridgehead atoms. The van der Waals surface area contributed by atoms with Gasteiger partial charge in [0.2, 0.25) is 0 Å². The summed E-state index contributed by atoms with van der Waals surface area (Å²) in [7, 11) is 0. The van der Waals surface area contributed by atoms with Gasteiger partial charge in [0.15, 0.2) is 11.5 Å². The van der Waals surface area contributed by atoms with Gasteiger partial charge in [-0.15, -0.1) is 0 Å². The Labute approximate surface area is 200 Å². The van der Waals surface area contributed by atoms with Crippen LogP contribution in [0.1, 0.15) is 23.6 Å². The maximum atomic E-state index is 12.6. The Bertz CT molecular complexity index is 1260. The molecule has 33 heavy (non-hydrogen) atoms. The van der Waals surface area contributed by atoms with Crippen molar-refractivity contribution < 1.29 is 14.3 Å². The van der Waals surface area contributed by atoms with Crippen LogP contribution in [0, 0.1) is 22.7 Å². The molecule has 164 valence electrons. The van der Waals surface area contributed by atoms with Gasteiger partial charge >= 0.3 is 0 Å². The van der Waals surface area contributed by atoms with E-state index >= 15 is 0 Å². The molecule has 3 rings (SSSR count). The maximum absolute atomic E-state index is 12.6. The number of nitriles is 2. The summed E-state index contributed by atoms with van der Waals surface area (Å²) >= 11 is 3.49. The fraction of sp³-hybridized carbons (Fsp3) is 0.115. The van der Waals surface area contributed by atoms with Crippen LogP contribution in [0.2, 0.25) is 0 Å². The molecule has 7 heteroatoms. The number of halogens is 1. The lowest BCUT2D eigenvalue weighted by Gasteiger charge is -2.15. The number of benzene rings is 3. The van der Waals surface area contributed by atoms with Crippen molar-refractivity contribution in [1.82, 2.24) is 0 Å². The molecular weight excluding hydrogens is 482 g/mol. The number of hydrogen-bond acceptors (Lipinski definition) is 5. The molecule has 0 radical (unpaired) electrons. The summed E-state index contributed by atoms with van der Waals surface area (Å²) in [6, 6.07) is 23.6. The van der Waals surface area contributed by atoms with E-state index in [9.17, 15) is 15.3 Å². The van der Waals surface area contributed by atoms with Crippen LogP contribution < -0.4 is 14.8 Å². The van der Waals surface area contributed by atoms with E-state index in [4.69, 9.17) is 9.47 Å². The quantitative estimate of drug-likeness (QED) is 0.308. The van der Waals surface area contributed by atoms with Crippen LogP contribution in [0.3, 0.4) is 0 Å². The Morgan fingerprint density at radius 3 is 2.42 bits per heavy atom. The summed E-state index contributed by atoms with van der Waals surface area (Å²) < 4.78 is 12.3. The number of carbonyl (C=O) groups excluding carboxylic acids is 1. The second-order valence-electron chi connectivity index (χ2n) is 6.80. The van der Waals surface area contributed by atoms with Gasteiger partial charge in [-0.25, -0.2) is 0 Å². The zero-order chi connectivity index (χ0) is 23.6. The van der Waals surface area contributed by atoms with E-state index in [1.165, 1.54) is 6.08 Å². The second-order valence-corrected chi connectivity index (χ2v) is 7.66. The van der Waals surface area contributed by atoms with Crippen LogP contribution in [-0.2, 0) is 11.4 Å². The first-order chi connectivity index (χ1) is 16.0. The summed E-state index contributed by atoms with van der Waals surface area (Å²) in [6.45, 7) is 2.43. The summed E-state index contributed by atoms with van der Waals surface area (Å²) in [5.74, 6) is 0.421. The van der Waals surface area contributed by atoms with Crippen molar-refractivity contribution >= 4 is 33.6 Å². The molecule has 0 fully saturated rings. The molecule has 0 atom stereocenters. The van der Waals surface area contributed by atoms with Gasteiger partial charge in [-0.05, 0) is 48.9 Å². The van der Waals surface area contributed by atoms with Crippen LogP contribution >= 0.6 is 15.9 Å². The Balaban J connectivity index is 1.87. The highest BCUT2D eigenvalue weighted by Crippen LogP contribution is 2.35. The van der Waals surface area contributed by atoms with Crippen LogP contribution in [0.25, 0.3) is 6.08 Å². The number of anilines is 1. The minimum Gasteiger partial charge on any atom is -0.490 e. The van der Waals surface area contributed by atoms with Crippen molar-refractivity contribution in [2.24, 2.45) is 0 Å². The molecule has 0 saturated heterocycles. The van der Waals surface area contributed by atoms with E-state index in [1.54, 1.807) is 48.5 Å². The average Bonchev–Trinajstić information content (AvgIpc) is 2.84. The van der Waals surface area contributed by atoms with Crippen molar-refractivity contribution in [3.8, 4) is 23.6 Å². The van der Waals surface area contributed by atoms with Crippen LogP contribution in [0.5, 0.6) is 11.5 Å². The standard InChI is InChI=1S/C26H20BrN3O3/c1-2-32-24-13-20(12-21(16-29)26(31)30-22-10-4-3-5-11-22)23(27)14-25(24)33-17-19-9-7-6-8-18(19)15-28/h3-14H,2,17H2,1H3,(H,30,31)/b21-12+. The third-order valence-corrected chi connectivity index (χ3v) is 5.27. The lowest BCUT2D eigenvalue weighted by molar-refractivity contribution is -0.112. The Morgan fingerprint density at radius 2 is 1.73 bits per heavy atom. The van der Waals surface area contributed by atoms with E-state index < -0.39 is 5.91 Å². The minimum atomic E-state index is -0.512. The van der Waals surface area contributed by atoms with Crippen molar-refractivity contribution in [2.75, 3.05) is 11.9 Å². The number of nitrogens with zero attached hydrogens (tertiary/aromatic N) is 2. The van der Waals surface area contributed by atoms with Crippen molar-refractivity contribution in [3.05, 3.63) is 93.5 Å². The molecule has 0 aliphatic carbocycles. The van der Waals surface area contributed by atoms with E-state index in [0.717, 1.165) is 5.56 Å². The second kappa shape index (κ2) is 11.5. The minimum absolute atomic E-state index is 0.0568. The molecule has 1 amide bonds.